The van der Waals surface area contributed by atoms with Gasteiger partial charge in [-0.05, 0) is 12.1 Å². The smallest absolute Gasteiger partial charge is 0.256 e. The fraction of sp³-hybridized carbons (Fsp3) is 0. The molecule has 4 nitrogen and oxygen atoms in total. The Bertz CT molecular complexity index is 342. The molecule has 0 saturated carbocycles. The number of fused-ring (bicyclic) bond motifs is 1. The second-order valence-corrected chi connectivity index (χ2v) is 3.58. The third-order valence-electron chi connectivity index (χ3n) is 1.62. The molecule has 12 heavy (non-hydrogen) atoms. The molecule has 0 N–H and O–H groups in total. The number of hydrogen-bond donors (Lipinski definition) is 0. The molecule has 0 fully saturated rings. The van der Waals surface area contributed by atoms with Gasteiger partial charge in [0.2, 0.25) is 0 Å². The van der Waals surface area contributed by atoms with E-state index in [-0.39, 0.29) is 10.0 Å². The lowest BCUT2D eigenvalue weighted by Crippen LogP contribution is -2.18. The highest BCUT2D eigenvalue weighted by molar-refractivity contribution is 7.84. The molecule has 2 rings (SSSR count). The van der Waals surface area contributed by atoms with Gasteiger partial charge in [-0.3, -0.25) is 4.79 Å². The summed E-state index contributed by atoms with van der Waals surface area (Å²) in [6.07, 6.45) is 0. The standard InChI is InChI=1S/C7H4NO3S/c9-7-5-3-1-2-4-6(5)12(11)8(7)10/h1-4H/q-1. The minimum atomic E-state index is -1.84. The van der Waals surface area contributed by atoms with Gasteiger partial charge in [0, 0.05) is 0 Å². The summed E-state index contributed by atoms with van der Waals surface area (Å²) in [4.78, 5) is 11.3. The van der Waals surface area contributed by atoms with Gasteiger partial charge in [0.1, 0.15) is 11.0 Å². The average molecular weight is 182 g/mol. The lowest BCUT2D eigenvalue weighted by Gasteiger charge is -2.17. The van der Waals surface area contributed by atoms with E-state index in [1.54, 1.807) is 12.1 Å². The molecule has 62 valence electrons. The Morgan fingerprint density at radius 1 is 1.33 bits per heavy atom. The number of amides is 1. The van der Waals surface area contributed by atoms with Crippen LogP contribution in [0.25, 0.3) is 0 Å². The first kappa shape index (κ1) is 7.45. The molecule has 0 aliphatic carbocycles. The molecule has 0 spiro atoms. The maximum Gasteiger partial charge on any atom is 0.256 e. The molecule has 0 bridgehead atoms. The highest BCUT2D eigenvalue weighted by Gasteiger charge is 2.27. The third-order valence-corrected chi connectivity index (χ3v) is 2.82. The van der Waals surface area contributed by atoms with Crippen LogP contribution in [0.1, 0.15) is 10.4 Å². The van der Waals surface area contributed by atoms with E-state index in [9.17, 15) is 14.2 Å². The van der Waals surface area contributed by atoms with Crippen molar-refractivity contribution in [3.05, 3.63) is 35.0 Å². The second kappa shape index (κ2) is 2.40. The molecule has 0 radical (unpaired) electrons. The summed E-state index contributed by atoms with van der Waals surface area (Å²) in [6.45, 7) is 0. The van der Waals surface area contributed by atoms with Crippen molar-refractivity contribution in [1.29, 1.82) is 0 Å². The van der Waals surface area contributed by atoms with Crippen molar-refractivity contribution in [3.63, 3.8) is 0 Å². The summed E-state index contributed by atoms with van der Waals surface area (Å²) in [7, 11) is -1.84. The molecule has 1 aliphatic heterocycles. The van der Waals surface area contributed by atoms with Gasteiger partial charge >= 0.3 is 0 Å². The first-order valence-electron chi connectivity index (χ1n) is 3.24. The molecule has 1 aromatic carbocycles. The predicted molar refractivity (Wildman–Crippen MR) is 42.4 cm³/mol. The summed E-state index contributed by atoms with van der Waals surface area (Å²) in [5, 5.41) is 10.8. The van der Waals surface area contributed by atoms with Crippen LogP contribution in [-0.2, 0) is 11.0 Å². The Labute approximate surface area is 71.0 Å². The normalized spacial score (nSPS) is 21.2. The molecule has 1 heterocycles. The fourth-order valence-electron chi connectivity index (χ4n) is 1.06. The Hall–Kier alpha value is -1.20. The fourth-order valence-corrected chi connectivity index (χ4v) is 2.02. The minimum absolute atomic E-state index is 0.00926. The van der Waals surface area contributed by atoms with Gasteiger partial charge in [-0.15, -0.1) is 0 Å². The Morgan fingerprint density at radius 2 is 2.00 bits per heavy atom. The second-order valence-electron chi connectivity index (χ2n) is 2.31. The van der Waals surface area contributed by atoms with Crippen LogP contribution in [0, 0.1) is 5.21 Å². The van der Waals surface area contributed by atoms with Crippen molar-refractivity contribution in [2.75, 3.05) is 0 Å². The van der Waals surface area contributed by atoms with E-state index in [0.29, 0.717) is 4.90 Å². The van der Waals surface area contributed by atoms with Crippen molar-refractivity contribution >= 4 is 16.9 Å². The lowest BCUT2D eigenvalue weighted by atomic mass is 10.2. The summed E-state index contributed by atoms with van der Waals surface area (Å²) < 4.78 is 11.1. The van der Waals surface area contributed by atoms with Gasteiger partial charge in [-0.1, -0.05) is 12.1 Å². The topological polar surface area (TPSA) is 60.4 Å². The van der Waals surface area contributed by atoms with Crippen LogP contribution in [0.5, 0.6) is 0 Å². The van der Waals surface area contributed by atoms with E-state index in [0.717, 1.165) is 0 Å². The zero-order valence-corrected chi connectivity index (χ0v) is 6.71. The highest BCUT2D eigenvalue weighted by atomic mass is 32.2. The van der Waals surface area contributed by atoms with E-state index in [2.05, 4.69) is 0 Å². The summed E-state index contributed by atoms with van der Waals surface area (Å²) >= 11 is 0. The number of rotatable bonds is 0. The Kier molecular flexibility index (Phi) is 1.49. The number of hydroxylamine groups is 1. The lowest BCUT2D eigenvalue weighted by molar-refractivity contribution is 0.0909. The van der Waals surface area contributed by atoms with Crippen molar-refractivity contribution in [2.24, 2.45) is 0 Å². The van der Waals surface area contributed by atoms with Crippen molar-refractivity contribution in [3.8, 4) is 0 Å². The van der Waals surface area contributed by atoms with Crippen LogP contribution in [0.2, 0.25) is 0 Å². The van der Waals surface area contributed by atoms with E-state index in [4.69, 9.17) is 0 Å². The van der Waals surface area contributed by atoms with Crippen LogP contribution in [0.4, 0.5) is 0 Å². The van der Waals surface area contributed by atoms with Gasteiger partial charge in [0.15, 0.2) is 0 Å². The van der Waals surface area contributed by atoms with Crippen LogP contribution in [0.3, 0.4) is 0 Å². The summed E-state index contributed by atoms with van der Waals surface area (Å²) in [5.74, 6) is -0.719. The molecular weight excluding hydrogens is 178 g/mol. The van der Waals surface area contributed by atoms with Crippen LogP contribution < -0.4 is 0 Å². The number of nitrogens with zero attached hydrogens (tertiary/aromatic N) is 1. The zero-order chi connectivity index (χ0) is 8.72. The molecule has 1 aromatic rings. The van der Waals surface area contributed by atoms with E-state index < -0.39 is 16.9 Å². The molecule has 5 heteroatoms. The van der Waals surface area contributed by atoms with E-state index in [1.807, 2.05) is 0 Å². The van der Waals surface area contributed by atoms with Gasteiger partial charge in [-0.2, -0.15) is 0 Å². The Morgan fingerprint density at radius 3 is 2.67 bits per heavy atom. The van der Waals surface area contributed by atoms with Crippen LogP contribution in [0.15, 0.2) is 29.2 Å². The minimum Gasteiger partial charge on any atom is -0.744 e. The SMILES string of the molecule is O=C1c2ccccc2S(=O)N1[O-]. The monoisotopic (exact) mass is 182 g/mol. The van der Waals surface area contributed by atoms with E-state index in [1.165, 1.54) is 12.1 Å². The average Bonchev–Trinajstić information content (AvgIpc) is 2.33. The maximum absolute atomic E-state index is 11.1. The molecular formula is C7H4NO3S-. The van der Waals surface area contributed by atoms with Crippen molar-refractivity contribution < 1.29 is 9.00 Å². The molecule has 1 unspecified atom stereocenters. The quantitative estimate of drug-likeness (QED) is 0.592. The Balaban J connectivity index is 2.67. The molecule has 1 amide bonds. The zero-order valence-electron chi connectivity index (χ0n) is 5.89. The van der Waals surface area contributed by atoms with E-state index >= 15 is 0 Å². The molecule has 1 aliphatic rings. The number of hydrogen-bond acceptors (Lipinski definition) is 3. The van der Waals surface area contributed by atoms with Gasteiger partial charge < -0.3 is 9.68 Å². The largest absolute Gasteiger partial charge is 0.744 e. The first-order chi connectivity index (χ1) is 5.72. The number of carbonyl (C=O) groups excluding carboxylic acids is 1. The van der Waals surface area contributed by atoms with Gasteiger partial charge in [0.25, 0.3) is 5.91 Å². The number of carbonyl (C=O) groups is 1. The predicted octanol–water partition coefficient (Wildman–Crippen LogP) is 0.663. The molecule has 1 atom stereocenters. The van der Waals surface area contributed by atoms with Crippen LogP contribution in [-0.4, -0.2) is 14.6 Å². The van der Waals surface area contributed by atoms with Gasteiger partial charge in [-0.25, -0.2) is 4.21 Å². The highest BCUT2D eigenvalue weighted by Crippen LogP contribution is 2.25. The maximum atomic E-state index is 11.1. The summed E-state index contributed by atoms with van der Waals surface area (Å²) in [6, 6.07) is 6.28. The first-order valence-corrected chi connectivity index (χ1v) is 4.35. The third kappa shape index (κ3) is 0.804. The van der Waals surface area contributed by atoms with Crippen LogP contribution >= 0.6 is 0 Å². The molecule has 0 aromatic heterocycles. The number of benzene rings is 1. The van der Waals surface area contributed by atoms with Crippen molar-refractivity contribution in [1.82, 2.24) is 4.47 Å². The molecule has 0 saturated heterocycles. The van der Waals surface area contributed by atoms with Gasteiger partial charge in [0.05, 0.1) is 10.5 Å². The van der Waals surface area contributed by atoms with Crippen molar-refractivity contribution in [2.45, 2.75) is 4.90 Å². The summed E-state index contributed by atoms with van der Waals surface area (Å²) in [5.41, 5.74) is 0.242.